The lowest BCUT2D eigenvalue weighted by Gasteiger charge is -2.08. The summed E-state index contributed by atoms with van der Waals surface area (Å²) in [5.74, 6) is -3.48. The molecule has 2 heterocycles. The van der Waals surface area contributed by atoms with E-state index < -0.39 is 44.9 Å². The minimum Gasteiger partial charge on any atom is -0.352 e. The predicted molar refractivity (Wildman–Crippen MR) is 97.5 cm³/mol. The van der Waals surface area contributed by atoms with Crippen molar-refractivity contribution in [2.75, 3.05) is 0 Å². The van der Waals surface area contributed by atoms with Crippen molar-refractivity contribution in [1.29, 1.82) is 0 Å². The average Bonchev–Trinajstić information content (AvgIpc) is 2.67. The second-order valence-electron chi connectivity index (χ2n) is 6.41. The molecule has 2 aromatic heterocycles. The minimum atomic E-state index is -0.903. The summed E-state index contributed by atoms with van der Waals surface area (Å²) in [6.45, 7) is 0. The van der Waals surface area contributed by atoms with Crippen molar-refractivity contribution < 1.29 is 17.6 Å². The van der Waals surface area contributed by atoms with Crippen molar-refractivity contribution in [2.24, 2.45) is 0 Å². The van der Waals surface area contributed by atoms with Crippen LogP contribution in [0.15, 0.2) is 46.0 Å². The Morgan fingerprint density at radius 1 is 0.571 bits per heavy atom. The standard InChI is InChI=1S/C20H8F4N2O2/c21-9-1-3-11(23)17-15(9)19(27)7-5-14-8(6-13(7)25-17)20(28)16-10(22)2-4-12(24)18(16)26-14/h1-6H,(H,25,27)(H,26,28). The Labute approximate surface area is 152 Å². The summed E-state index contributed by atoms with van der Waals surface area (Å²) >= 11 is 0. The summed E-state index contributed by atoms with van der Waals surface area (Å²) in [6.07, 6.45) is 0. The third-order valence-electron chi connectivity index (χ3n) is 4.83. The van der Waals surface area contributed by atoms with Gasteiger partial charge in [-0.3, -0.25) is 9.59 Å². The first-order valence-corrected chi connectivity index (χ1v) is 8.14. The molecular formula is C20H8F4N2O2. The van der Waals surface area contributed by atoms with E-state index in [1.807, 2.05) is 0 Å². The van der Waals surface area contributed by atoms with E-state index in [1.54, 1.807) is 0 Å². The maximum atomic E-state index is 14.1. The SMILES string of the molecule is O=c1c2cc3[nH]c4c(F)ccc(F)c4c(=O)c3cc2[nH]c2c(F)ccc(F)c12. The topological polar surface area (TPSA) is 65.7 Å². The zero-order valence-corrected chi connectivity index (χ0v) is 13.8. The van der Waals surface area contributed by atoms with E-state index in [0.29, 0.717) is 0 Å². The summed E-state index contributed by atoms with van der Waals surface area (Å²) in [5.41, 5.74) is -2.13. The van der Waals surface area contributed by atoms with Crippen LogP contribution in [0.2, 0.25) is 0 Å². The van der Waals surface area contributed by atoms with Crippen LogP contribution in [-0.2, 0) is 0 Å². The number of H-pyrrole nitrogens is 2. The lowest BCUT2D eigenvalue weighted by atomic mass is 10.0. The summed E-state index contributed by atoms with van der Waals surface area (Å²) in [6, 6.07) is 5.90. The fourth-order valence-electron chi connectivity index (χ4n) is 3.51. The molecule has 0 fully saturated rings. The molecule has 0 amide bonds. The van der Waals surface area contributed by atoms with Gasteiger partial charge in [-0.2, -0.15) is 0 Å². The highest BCUT2D eigenvalue weighted by molar-refractivity contribution is 6.03. The second-order valence-corrected chi connectivity index (χ2v) is 6.41. The molecule has 5 aromatic rings. The Kier molecular flexibility index (Phi) is 3.19. The first kappa shape index (κ1) is 16.5. The van der Waals surface area contributed by atoms with Crippen LogP contribution >= 0.6 is 0 Å². The van der Waals surface area contributed by atoms with E-state index >= 15 is 0 Å². The number of aromatic nitrogens is 2. The van der Waals surface area contributed by atoms with Gasteiger partial charge in [0.05, 0.1) is 32.8 Å². The molecule has 0 aliphatic carbocycles. The number of pyridine rings is 2. The van der Waals surface area contributed by atoms with Gasteiger partial charge in [-0.05, 0) is 36.4 Å². The first-order valence-electron chi connectivity index (χ1n) is 8.14. The number of fused-ring (bicyclic) bond motifs is 4. The molecule has 3 aromatic carbocycles. The van der Waals surface area contributed by atoms with E-state index in [1.165, 1.54) is 12.1 Å². The Bertz CT molecular complexity index is 1480. The van der Waals surface area contributed by atoms with Crippen molar-refractivity contribution in [3.8, 4) is 0 Å². The van der Waals surface area contributed by atoms with Gasteiger partial charge in [-0.25, -0.2) is 17.6 Å². The molecule has 0 unspecified atom stereocenters. The molecule has 2 N–H and O–H groups in total. The molecule has 0 aliphatic heterocycles. The van der Waals surface area contributed by atoms with Crippen LogP contribution in [0, 0.1) is 23.3 Å². The highest BCUT2D eigenvalue weighted by Gasteiger charge is 2.17. The van der Waals surface area contributed by atoms with Gasteiger partial charge in [-0.1, -0.05) is 0 Å². The second kappa shape index (κ2) is 5.41. The molecule has 0 spiro atoms. The van der Waals surface area contributed by atoms with E-state index in [2.05, 4.69) is 9.97 Å². The molecule has 0 saturated carbocycles. The predicted octanol–water partition coefficient (Wildman–Crippen LogP) is 4.23. The van der Waals surface area contributed by atoms with Crippen LogP contribution in [0.1, 0.15) is 0 Å². The lowest BCUT2D eigenvalue weighted by Crippen LogP contribution is -2.11. The van der Waals surface area contributed by atoms with Crippen LogP contribution < -0.4 is 10.9 Å². The molecule has 5 rings (SSSR count). The fraction of sp³-hybridized carbons (Fsp3) is 0. The van der Waals surface area contributed by atoms with Crippen LogP contribution in [0.25, 0.3) is 43.6 Å². The van der Waals surface area contributed by atoms with Crippen molar-refractivity contribution in [2.45, 2.75) is 0 Å². The zero-order valence-electron chi connectivity index (χ0n) is 13.8. The largest absolute Gasteiger partial charge is 0.352 e. The van der Waals surface area contributed by atoms with Crippen LogP contribution in [-0.4, -0.2) is 9.97 Å². The third-order valence-corrected chi connectivity index (χ3v) is 4.83. The van der Waals surface area contributed by atoms with E-state index in [0.717, 1.165) is 24.3 Å². The van der Waals surface area contributed by atoms with E-state index in [4.69, 9.17) is 0 Å². The van der Waals surface area contributed by atoms with E-state index in [-0.39, 0.29) is 32.8 Å². The molecule has 28 heavy (non-hydrogen) atoms. The van der Waals surface area contributed by atoms with Crippen LogP contribution in [0.3, 0.4) is 0 Å². The highest BCUT2D eigenvalue weighted by atomic mass is 19.1. The number of aromatic amines is 2. The van der Waals surface area contributed by atoms with Crippen molar-refractivity contribution >= 4 is 43.6 Å². The van der Waals surface area contributed by atoms with Crippen molar-refractivity contribution in [3.05, 3.63) is 80.1 Å². The van der Waals surface area contributed by atoms with E-state index in [9.17, 15) is 27.2 Å². The van der Waals surface area contributed by atoms with Crippen molar-refractivity contribution in [3.63, 3.8) is 0 Å². The number of hydrogen-bond donors (Lipinski definition) is 2. The number of halogens is 4. The molecule has 0 radical (unpaired) electrons. The monoisotopic (exact) mass is 384 g/mol. The maximum Gasteiger partial charge on any atom is 0.200 e. The van der Waals surface area contributed by atoms with Gasteiger partial charge in [0.15, 0.2) is 10.9 Å². The van der Waals surface area contributed by atoms with Crippen LogP contribution in [0.4, 0.5) is 17.6 Å². The Balaban J connectivity index is 2.05. The van der Waals surface area contributed by atoms with Gasteiger partial charge in [0.2, 0.25) is 0 Å². The van der Waals surface area contributed by atoms with Crippen molar-refractivity contribution in [1.82, 2.24) is 9.97 Å². The molecule has 0 saturated heterocycles. The minimum absolute atomic E-state index is 0.0312. The number of rotatable bonds is 0. The van der Waals surface area contributed by atoms with Gasteiger partial charge in [-0.15, -0.1) is 0 Å². The van der Waals surface area contributed by atoms with Crippen LogP contribution in [0.5, 0.6) is 0 Å². The van der Waals surface area contributed by atoms with Gasteiger partial charge in [0.25, 0.3) is 0 Å². The fourth-order valence-corrected chi connectivity index (χ4v) is 3.51. The number of hydrogen-bond acceptors (Lipinski definition) is 2. The molecule has 138 valence electrons. The summed E-state index contributed by atoms with van der Waals surface area (Å²) in [5, 5.41) is -0.993. The quantitative estimate of drug-likeness (QED) is 0.310. The Morgan fingerprint density at radius 3 is 1.32 bits per heavy atom. The zero-order chi connectivity index (χ0) is 19.7. The molecule has 0 aliphatic rings. The highest BCUT2D eigenvalue weighted by Crippen LogP contribution is 2.25. The molecular weight excluding hydrogens is 376 g/mol. The molecule has 0 atom stereocenters. The lowest BCUT2D eigenvalue weighted by molar-refractivity contribution is 0.615. The number of benzene rings is 3. The molecule has 0 bridgehead atoms. The van der Waals surface area contributed by atoms with Gasteiger partial charge < -0.3 is 9.97 Å². The summed E-state index contributed by atoms with van der Waals surface area (Å²) in [7, 11) is 0. The average molecular weight is 384 g/mol. The Morgan fingerprint density at radius 2 is 0.929 bits per heavy atom. The summed E-state index contributed by atoms with van der Waals surface area (Å²) in [4.78, 5) is 30.7. The molecule has 8 heteroatoms. The maximum absolute atomic E-state index is 14.1. The molecule has 4 nitrogen and oxygen atoms in total. The van der Waals surface area contributed by atoms with Gasteiger partial charge in [0, 0.05) is 10.8 Å². The van der Waals surface area contributed by atoms with Gasteiger partial charge >= 0.3 is 0 Å². The Hall–Kier alpha value is -3.68. The number of nitrogens with one attached hydrogen (secondary N) is 2. The third kappa shape index (κ3) is 2.05. The smallest absolute Gasteiger partial charge is 0.200 e. The normalized spacial score (nSPS) is 11.9. The van der Waals surface area contributed by atoms with Gasteiger partial charge in [0.1, 0.15) is 23.3 Å². The first-order chi connectivity index (χ1) is 13.4. The summed E-state index contributed by atoms with van der Waals surface area (Å²) < 4.78 is 56.4.